The number of anilines is 1. The molecule has 2 aliphatic rings. The summed E-state index contributed by atoms with van der Waals surface area (Å²) in [5, 5.41) is 39.6. The fraction of sp³-hybridized carbons (Fsp3) is 0.300. The second-order valence-corrected chi connectivity index (χ2v) is 10.0. The normalized spacial score (nSPS) is 15.0. The van der Waals surface area contributed by atoms with Gasteiger partial charge in [-0.2, -0.15) is 5.10 Å². The van der Waals surface area contributed by atoms with Crippen molar-refractivity contribution in [2.24, 2.45) is 0 Å². The highest BCUT2D eigenvalue weighted by Gasteiger charge is 2.23. The zero-order valence-corrected chi connectivity index (χ0v) is 24.0. The number of halogens is 1. The number of piperazine rings is 1. The Hall–Kier alpha value is -5.08. The molecule has 0 bridgehead atoms. The number of aromatic amines is 1. The average Bonchev–Trinajstić information content (AvgIpc) is 3.59. The number of H-pyrrole nitrogens is 1. The van der Waals surface area contributed by atoms with Crippen molar-refractivity contribution in [3.63, 3.8) is 0 Å². The monoisotopic (exact) mass is 611 g/mol. The molecule has 0 atom stereocenters. The number of nitrogens with zero attached hydrogens (tertiary/aromatic N) is 4. The molecule has 0 radical (unpaired) electrons. The molecule has 1 fully saturated rings. The molecule has 0 amide bonds. The minimum Gasteiger partial charge on any atom is -0.478 e. The van der Waals surface area contributed by atoms with Gasteiger partial charge in [0.2, 0.25) is 0 Å². The molecule has 13 nitrogen and oxygen atoms in total. The SMILES string of the molecule is Cc1cccc2c1CN(CCN1CCN(c3n[nH]c4cc(F)ccc34)CC1)C2.O=C(O)C=CC(=O)O.O=C(O)C=CC(=O)O. The summed E-state index contributed by atoms with van der Waals surface area (Å²) in [5.74, 6) is -4.31. The van der Waals surface area contributed by atoms with Crippen molar-refractivity contribution < 1.29 is 44.0 Å². The molecule has 1 aromatic heterocycles. The van der Waals surface area contributed by atoms with Crippen LogP contribution in [0.1, 0.15) is 16.7 Å². The van der Waals surface area contributed by atoms with Gasteiger partial charge >= 0.3 is 23.9 Å². The highest BCUT2D eigenvalue weighted by atomic mass is 19.1. The number of aromatic nitrogens is 2. The first-order valence-electron chi connectivity index (χ1n) is 13.6. The largest absolute Gasteiger partial charge is 0.478 e. The van der Waals surface area contributed by atoms with Crippen LogP contribution in [0, 0.1) is 12.7 Å². The van der Waals surface area contributed by atoms with Gasteiger partial charge in [0.1, 0.15) is 5.82 Å². The van der Waals surface area contributed by atoms with Crippen LogP contribution in [0.4, 0.5) is 10.2 Å². The first-order chi connectivity index (χ1) is 20.9. The standard InChI is InChI=1S/C22H26FN5.2C4H4O4/c1-16-3-2-4-17-14-27(15-20(16)17)8-7-26-9-11-28(12-10-26)22-19-6-5-18(23)13-21(19)24-25-22;2*5-3(6)1-2-4(7)8/h2-6,13H,7-12,14-15H2,1H3,(H,24,25);2*1-2H,(H,5,6)(H,7,8). The van der Waals surface area contributed by atoms with Gasteiger partial charge in [-0.05, 0) is 41.8 Å². The smallest absolute Gasteiger partial charge is 0.328 e. The van der Waals surface area contributed by atoms with Crippen LogP contribution >= 0.6 is 0 Å². The molecule has 1 saturated heterocycles. The molecule has 14 heteroatoms. The lowest BCUT2D eigenvalue weighted by Crippen LogP contribution is -2.48. The summed E-state index contributed by atoms with van der Waals surface area (Å²) in [6, 6.07) is 11.5. The van der Waals surface area contributed by atoms with Gasteiger partial charge in [-0.1, -0.05) is 18.2 Å². The van der Waals surface area contributed by atoms with Crippen molar-refractivity contribution in [1.29, 1.82) is 0 Å². The molecule has 2 aliphatic heterocycles. The van der Waals surface area contributed by atoms with E-state index in [-0.39, 0.29) is 5.82 Å². The third kappa shape index (κ3) is 10.3. The maximum absolute atomic E-state index is 13.4. The summed E-state index contributed by atoms with van der Waals surface area (Å²) in [5.41, 5.74) is 5.20. The van der Waals surface area contributed by atoms with E-state index in [2.05, 4.69) is 50.0 Å². The second kappa shape index (κ2) is 16.0. The number of fused-ring (bicyclic) bond motifs is 2. The molecule has 3 aromatic rings. The van der Waals surface area contributed by atoms with E-state index in [4.69, 9.17) is 20.4 Å². The predicted octanol–water partition coefficient (Wildman–Crippen LogP) is 2.57. The van der Waals surface area contributed by atoms with Crippen LogP contribution in [-0.2, 0) is 32.3 Å². The van der Waals surface area contributed by atoms with Gasteiger partial charge in [-0.15, -0.1) is 0 Å². The lowest BCUT2D eigenvalue weighted by atomic mass is 10.1. The molecule has 5 rings (SSSR count). The van der Waals surface area contributed by atoms with E-state index in [0.717, 1.165) is 69.1 Å². The lowest BCUT2D eigenvalue weighted by Gasteiger charge is -2.35. The molecule has 5 N–H and O–H groups in total. The highest BCUT2D eigenvalue weighted by Crippen LogP contribution is 2.27. The van der Waals surface area contributed by atoms with Crippen LogP contribution in [0.15, 0.2) is 60.7 Å². The maximum Gasteiger partial charge on any atom is 0.328 e. The zero-order valence-electron chi connectivity index (χ0n) is 24.0. The van der Waals surface area contributed by atoms with Gasteiger partial charge in [0, 0.05) is 82.0 Å². The zero-order chi connectivity index (χ0) is 32.2. The van der Waals surface area contributed by atoms with Crippen molar-refractivity contribution in [1.82, 2.24) is 20.0 Å². The van der Waals surface area contributed by atoms with Crippen LogP contribution in [-0.4, -0.2) is 104 Å². The number of aryl methyl sites for hydroxylation is 1. The van der Waals surface area contributed by atoms with Crippen LogP contribution in [0.5, 0.6) is 0 Å². The van der Waals surface area contributed by atoms with Crippen LogP contribution in [0.25, 0.3) is 10.9 Å². The number of nitrogens with one attached hydrogen (secondary N) is 1. The van der Waals surface area contributed by atoms with Crippen molar-refractivity contribution in [3.8, 4) is 0 Å². The fourth-order valence-electron chi connectivity index (χ4n) is 4.79. The Morgan fingerprint density at radius 2 is 1.39 bits per heavy atom. The van der Waals surface area contributed by atoms with Gasteiger partial charge in [0.25, 0.3) is 0 Å². The molecule has 3 heterocycles. The van der Waals surface area contributed by atoms with Crippen molar-refractivity contribution in [3.05, 3.63) is 83.2 Å². The molecular weight excluding hydrogens is 577 g/mol. The predicted molar refractivity (Wildman–Crippen MR) is 159 cm³/mol. The van der Waals surface area contributed by atoms with Gasteiger partial charge < -0.3 is 25.3 Å². The number of hydrogen-bond acceptors (Lipinski definition) is 8. The molecule has 0 aliphatic carbocycles. The van der Waals surface area contributed by atoms with Crippen LogP contribution in [0.3, 0.4) is 0 Å². The Labute approximate surface area is 252 Å². The minimum absolute atomic E-state index is 0.230. The quantitative estimate of drug-likeness (QED) is 0.235. The number of carbonyl (C=O) groups is 4. The van der Waals surface area contributed by atoms with Crippen molar-refractivity contribution >= 4 is 40.6 Å². The molecule has 234 valence electrons. The summed E-state index contributed by atoms with van der Waals surface area (Å²) < 4.78 is 13.4. The van der Waals surface area contributed by atoms with Crippen molar-refractivity contribution in [2.45, 2.75) is 20.0 Å². The number of carboxylic acid groups (broad SMARTS) is 4. The fourth-order valence-corrected chi connectivity index (χ4v) is 4.79. The first kappa shape index (κ1) is 33.4. The average molecular weight is 612 g/mol. The van der Waals surface area contributed by atoms with E-state index in [1.54, 1.807) is 0 Å². The van der Waals surface area contributed by atoms with Gasteiger partial charge in [-0.3, -0.25) is 14.9 Å². The third-order valence-electron chi connectivity index (χ3n) is 6.93. The Morgan fingerprint density at radius 3 is 1.93 bits per heavy atom. The number of benzene rings is 2. The first-order valence-corrected chi connectivity index (χ1v) is 13.6. The summed E-state index contributed by atoms with van der Waals surface area (Å²) >= 11 is 0. The second-order valence-electron chi connectivity index (χ2n) is 10.0. The number of hydrogen-bond donors (Lipinski definition) is 5. The van der Waals surface area contributed by atoms with E-state index >= 15 is 0 Å². The van der Waals surface area contributed by atoms with Crippen LogP contribution < -0.4 is 4.90 Å². The molecule has 0 spiro atoms. The van der Waals surface area contributed by atoms with E-state index in [1.807, 2.05) is 6.07 Å². The third-order valence-corrected chi connectivity index (χ3v) is 6.93. The van der Waals surface area contributed by atoms with E-state index in [1.165, 1.54) is 28.8 Å². The van der Waals surface area contributed by atoms with Crippen molar-refractivity contribution in [2.75, 3.05) is 44.2 Å². The molecule has 0 saturated carbocycles. The summed E-state index contributed by atoms with van der Waals surface area (Å²) in [7, 11) is 0. The molecule has 2 aromatic carbocycles. The van der Waals surface area contributed by atoms with E-state index in [9.17, 15) is 23.6 Å². The van der Waals surface area contributed by atoms with E-state index < -0.39 is 23.9 Å². The Morgan fingerprint density at radius 1 is 0.818 bits per heavy atom. The molecule has 0 unspecified atom stereocenters. The van der Waals surface area contributed by atoms with Gasteiger partial charge in [0.05, 0.1) is 5.52 Å². The molecule has 44 heavy (non-hydrogen) atoms. The summed E-state index contributed by atoms with van der Waals surface area (Å²) in [6.07, 6.45) is 2.23. The Bertz CT molecular complexity index is 1480. The van der Waals surface area contributed by atoms with Gasteiger partial charge in [0.15, 0.2) is 5.82 Å². The number of aliphatic carboxylic acids is 4. The lowest BCUT2D eigenvalue weighted by molar-refractivity contribution is -0.134. The number of carboxylic acids is 4. The highest BCUT2D eigenvalue weighted by molar-refractivity contribution is 5.91. The van der Waals surface area contributed by atoms with E-state index in [0.29, 0.717) is 24.3 Å². The van der Waals surface area contributed by atoms with Gasteiger partial charge in [-0.25, -0.2) is 23.6 Å². The minimum atomic E-state index is -1.26. The van der Waals surface area contributed by atoms with Crippen LogP contribution in [0.2, 0.25) is 0 Å². The Balaban J connectivity index is 0.000000275. The Kier molecular flexibility index (Phi) is 12.1. The summed E-state index contributed by atoms with van der Waals surface area (Å²) in [4.78, 5) is 45.6. The topological polar surface area (TPSA) is 188 Å². The number of rotatable bonds is 8. The molecular formula is C30H34FN5O8. The maximum atomic E-state index is 13.4. The summed E-state index contributed by atoms with van der Waals surface area (Å²) in [6.45, 7) is 10.6.